The van der Waals surface area contributed by atoms with Gasteiger partial charge in [0.05, 0.1) is 33.1 Å². The highest BCUT2D eigenvalue weighted by atomic mass is 16.2. The molecular formula is C29H21N5O. The van der Waals surface area contributed by atoms with Crippen LogP contribution in [0.2, 0.25) is 0 Å². The quantitative estimate of drug-likeness (QED) is 0.254. The SMILES string of the molecule is O=C(c1ccc2nc3c4cccnc4c4ncccc4c3nc2c1)N1CC[C@H](c2ccccc2)C1. The van der Waals surface area contributed by atoms with Crippen molar-refractivity contribution in [1.82, 2.24) is 24.8 Å². The van der Waals surface area contributed by atoms with Crippen LogP contribution < -0.4 is 0 Å². The number of hydrogen-bond acceptors (Lipinski definition) is 5. The van der Waals surface area contributed by atoms with Crippen LogP contribution in [-0.2, 0) is 0 Å². The molecule has 7 rings (SSSR count). The summed E-state index contributed by atoms with van der Waals surface area (Å²) in [6.07, 6.45) is 4.52. The topological polar surface area (TPSA) is 71.9 Å². The van der Waals surface area contributed by atoms with Crippen molar-refractivity contribution in [3.05, 3.63) is 96.3 Å². The van der Waals surface area contributed by atoms with Gasteiger partial charge in [0.1, 0.15) is 0 Å². The van der Waals surface area contributed by atoms with E-state index in [0.717, 1.165) is 57.9 Å². The van der Waals surface area contributed by atoms with E-state index in [0.29, 0.717) is 17.0 Å². The molecule has 6 nitrogen and oxygen atoms in total. The number of aromatic nitrogens is 4. The fourth-order valence-electron chi connectivity index (χ4n) is 5.26. The second kappa shape index (κ2) is 7.81. The Morgan fingerprint density at radius 1 is 0.743 bits per heavy atom. The summed E-state index contributed by atoms with van der Waals surface area (Å²) in [6, 6.07) is 23.9. The van der Waals surface area contributed by atoms with Crippen LogP contribution in [0, 0.1) is 0 Å². The summed E-state index contributed by atoms with van der Waals surface area (Å²) in [7, 11) is 0. The van der Waals surface area contributed by atoms with Gasteiger partial charge < -0.3 is 4.90 Å². The maximum atomic E-state index is 13.4. The first-order valence-corrected chi connectivity index (χ1v) is 11.8. The van der Waals surface area contributed by atoms with E-state index in [9.17, 15) is 4.79 Å². The second-order valence-corrected chi connectivity index (χ2v) is 9.07. The van der Waals surface area contributed by atoms with Crippen LogP contribution in [0.5, 0.6) is 0 Å². The number of hydrogen-bond donors (Lipinski definition) is 0. The Kier molecular flexibility index (Phi) is 4.45. The molecule has 0 spiro atoms. The zero-order chi connectivity index (χ0) is 23.4. The smallest absolute Gasteiger partial charge is 0.253 e. The van der Waals surface area contributed by atoms with Gasteiger partial charge in [-0.2, -0.15) is 0 Å². The number of fused-ring (bicyclic) bond motifs is 7. The van der Waals surface area contributed by atoms with E-state index in [-0.39, 0.29) is 5.91 Å². The summed E-state index contributed by atoms with van der Waals surface area (Å²) in [5, 5.41) is 1.83. The highest BCUT2D eigenvalue weighted by Crippen LogP contribution is 2.32. The Morgan fingerprint density at radius 3 is 2.14 bits per heavy atom. The molecule has 1 aliphatic rings. The fraction of sp³-hybridized carbons (Fsp3) is 0.138. The number of amides is 1. The van der Waals surface area contributed by atoms with Gasteiger partial charge in [0.2, 0.25) is 0 Å². The number of rotatable bonds is 2. The molecule has 35 heavy (non-hydrogen) atoms. The lowest BCUT2D eigenvalue weighted by Crippen LogP contribution is -2.28. The predicted octanol–water partition coefficient (Wildman–Crippen LogP) is 5.51. The predicted molar refractivity (Wildman–Crippen MR) is 137 cm³/mol. The van der Waals surface area contributed by atoms with Gasteiger partial charge in [-0.3, -0.25) is 14.8 Å². The molecule has 4 heterocycles. The third kappa shape index (κ3) is 3.21. The van der Waals surface area contributed by atoms with Crippen LogP contribution in [0.4, 0.5) is 0 Å². The highest BCUT2D eigenvalue weighted by molar-refractivity contribution is 6.21. The largest absolute Gasteiger partial charge is 0.338 e. The summed E-state index contributed by atoms with van der Waals surface area (Å²) in [5.41, 5.74) is 6.59. The van der Waals surface area contributed by atoms with E-state index in [1.165, 1.54) is 5.56 Å². The van der Waals surface area contributed by atoms with Gasteiger partial charge in [0.15, 0.2) is 0 Å². The average molecular weight is 456 g/mol. The summed E-state index contributed by atoms with van der Waals surface area (Å²) >= 11 is 0. The third-order valence-electron chi connectivity index (χ3n) is 7.01. The molecule has 0 unspecified atom stereocenters. The van der Waals surface area contributed by atoms with Crippen molar-refractivity contribution in [2.24, 2.45) is 0 Å². The lowest BCUT2D eigenvalue weighted by atomic mass is 9.99. The number of benzene rings is 3. The molecule has 1 amide bonds. The minimum atomic E-state index is 0.0430. The maximum Gasteiger partial charge on any atom is 0.253 e. The van der Waals surface area contributed by atoms with Crippen LogP contribution in [-0.4, -0.2) is 43.8 Å². The number of carbonyl (C=O) groups excluding carboxylic acids is 1. The Labute approximate surface area is 201 Å². The second-order valence-electron chi connectivity index (χ2n) is 9.07. The van der Waals surface area contributed by atoms with Gasteiger partial charge in [-0.15, -0.1) is 0 Å². The van der Waals surface area contributed by atoms with Gasteiger partial charge in [-0.1, -0.05) is 30.3 Å². The molecule has 1 fully saturated rings. The molecule has 0 aliphatic carbocycles. The van der Waals surface area contributed by atoms with Crippen LogP contribution in [0.1, 0.15) is 28.3 Å². The fourth-order valence-corrected chi connectivity index (χ4v) is 5.26. The lowest BCUT2D eigenvalue weighted by Gasteiger charge is -2.17. The average Bonchev–Trinajstić information content (AvgIpc) is 3.43. The van der Waals surface area contributed by atoms with Gasteiger partial charge in [-0.25, -0.2) is 9.97 Å². The monoisotopic (exact) mass is 455 g/mol. The zero-order valence-electron chi connectivity index (χ0n) is 18.9. The van der Waals surface area contributed by atoms with Crippen LogP contribution in [0.25, 0.3) is 43.9 Å². The summed E-state index contributed by atoms with van der Waals surface area (Å²) in [4.78, 5) is 34.4. The molecule has 3 aromatic heterocycles. The molecule has 6 heteroatoms. The summed E-state index contributed by atoms with van der Waals surface area (Å²) in [6.45, 7) is 1.49. The Balaban J connectivity index is 1.32. The minimum absolute atomic E-state index is 0.0430. The van der Waals surface area contributed by atoms with Crippen molar-refractivity contribution >= 4 is 49.8 Å². The molecule has 0 radical (unpaired) electrons. The summed E-state index contributed by atoms with van der Waals surface area (Å²) in [5.74, 6) is 0.423. The third-order valence-corrected chi connectivity index (χ3v) is 7.01. The van der Waals surface area contributed by atoms with E-state index in [1.54, 1.807) is 12.4 Å². The number of likely N-dealkylation sites (tertiary alicyclic amines) is 1. The molecule has 1 atom stereocenters. The molecule has 0 bridgehead atoms. The van der Waals surface area contributed by atoms with Gasteiger partial charge >= 0.3 is 0 Å². The first kappa shape index (κ1) is 20.0. The molecule has 6 aromatic rings. The van der Waals surface area contributed by atoms with E-state index in [4.69, 9.17) is 9.97 Å². The van der Waals surface area contributed by atoms with E-state index in [2.05, 4.69) is 34.2 Å². The van der Waals surface area contributed by atoms with Crippen LogP contribution in [0.15, 0.2) is 85.2 Å². The normalized spacial score (nSPS) is 16.0. The number of nitrogens with zero attached hydrogens (tertiary/aromatic N) is 5. The minimum Gasteiger partial charge on any atom is -0.338 e. The first-order valence-electron chi connectivity index (χ1n) is 11.8. The Hall–Kier alpha value is -4.45. The van der Waals surface area contributed by atoms with Crippen molar-refractivity contribution in [3.63, 3.8) is 0 Å². The molecule has 0 saturated carbocycles. The van der Waals surface area contributed by atoms with E-state index in [1.807, 2.05) is 53.4 Å². The maximum absolute atomic E-state index is 13.4. The molecule has 3 aromatic carbocycles. The zero-order valence-corrected chi connectivity index (χ0v) is 18.9. The number of carbonyl (C=O) groups is 1. The van der Waals surface area contributed by atoms with Crippen molar-refractivity contribution < 1.29 is 4.79 Å². The summed E-state index contributed by atoms with van der Waals surface area (Å²) < 4.78 is 0. The van der Waals surface area contributed by atoms with Crippen molar-refractivity contribution in [3.8, 4) is 0 Å². The van der Waals surface area contributed by atoms with E-state index < -0.39 is 0 Å². The van der Waals surface area contributed by atoms with Gasteiger partial charge in [0.25, 0.3) is 5.91 Å². The highest BCUT2D eigenvalue weighted by Gasteiger charge is 2.28. The molecular weight excluding hydrogens is 434 g/mol. The van der Waals surface area contributed by atoms with Gasteiger partial charge in [-0.05, 0) is 54.4 Å². The molecule has 168 valence electrons. The van der Waals surface area contributed by atoms with Crippen molar-refractivity contribution in [2.45, 2.75) is 12.3 Å². The molecule has 1 saturated heterocycles. The molecule has 0 N–H and O–H groups in total. The van der Waals surface area contributed by atoms with Gasteiger partial charge in [0, 0.05) is 47.7 Å². The van der Waals surface area contributed by atoms with E-state index >= 15 is 0 Å². The Bertz CT molecular complexity index is 1770. The van der Waals surface area contributed by atoms with Crippen molar-refractivity contribution in [2.75, 3.05) is 13.1 Å². The van der Waals surface area contributed by atoms with Crippen molar-refractivity contribution in [1.29, 1.82) is 0 Å². The first-order chi connectivity index (χ1) is 17.3. The standard InChI is InChI=1S/C29H21N5O/c35-29(34-15-12-20(17-34)18-6-2-1-3-7-18)19-10-11-23-24(16-19)33-28-22-9-5-14-31-26(22)25-21(27(28)32-23)8-4-13-30-25/h1-11,13-14,16,20H,12,15,17H2/t20-/m0/s1. The number of pyridine rings is 2. The van der Waals surface area contributed by atoms with Crippen LogP contribution in [0.3, 0.4) is 0 Å². The lowest BCUT2D eigenvalue weighted by molar-refractivity contribution is 0.0791. The Morgan fingerprint density at radius 2 is 1.43 bits per heavy atom. The van der Waals surface area contributed by atoms with Crippen LogP contribution >= 0.6 is 0 Å². The molecule has 1 aliphatic heterocycles.